The fourth-order valence-electron chi connectivity index (χ4n) is 2.10. The van der Waals surface area contributed by atoms with E-state index >= 15 is 0 Å². The predicted octanol–water partition coefficient (Wildman–Crippen LogP) is 2.98. The fourth-order valence-corrected chi connectivity index (χ4v) is 2.10. The van der Waals surface area contributed by atoms with E-state index in [1.54, 1.807) is 0 Å². The Morgan fingerprint density at radius 2 is 2.00 bits per heavy atom. The lowest BCUT2D eigenvalue weighted by Gasteiger charge is -2.27. The van der Waals surface area contributed by atoms with Crippen LogP contribution in [0.3, 0.4) is 0 Å². The number of aromatic nitrogens is 1. The van der Waals surface area contributed by atoms with Crippen LogP contribution in [-0.4, -0.2) is 23.2 Å². The topological polar surface area (TPSA) is 36.4 Å². The van der Waals surface area contributed by atoms with E-state index in [9.17, 15) is 9.50 Å². The summed E-state index contributed by atoms with van der Waals surface area (Å²) in [6.45, 7) is 7.92. The summed E-state index contributed by atoms with van der Waals surface area (Å²) in [5.74, 6) is 0.901. The number of halogens is 1. The highest BCUT2D eigenvalue weighted by Gasteiger charge is 2.15. The molecule has 1 heterocycles. The maximum Gasteiger partial charge on any atom is 0.142 e. The van der Waals surface area contributed by atoms with Crippen molar-refractivity contribution in [3.63, 3.8) is 0 Å². The molecule has 102 valence electrons. The quantitative estimate of drug-likeness (QED) is 0.812. The van der Waals surface area contributed by atoms with E-state index in [0.717, 1.165) is 25.9 Å². The Kier molecular flexibility index (Phi) is 6.05. The van der Waals surface area contributed by atoms with Gasteiger partial charge in [-0.25, -0.2) is 9.37 Å². The van der Waals surface area contributed by atoms with Gasteiger partial charge in [-0.1, -0.05) is 26.7 Å². The van der Waals surface area contributed by atoms with E-state index < -0.39 is 5.82 Å². The lowest BCUT2D eigenvalue weighted by molar-refractivity contribution is 0.280. The highest BCUT2D eigenvalue weighted by atomic mass is 19.1. The number of hydrogen-bond acceptors (Lipinski definition) is 3. The molecule has 0 aliphatic rings. The van der Waals surface area contributed by atoms with Crippen molar-refractivity contribution >= 4 is 5.82 Å². The molecule has 0 saturated heterocycles. The van der Waals surface area contributed by atoms with Crippen LogP contribution in [0.15, 0.2) is 12.3 Å². The number of rotatable bonds is 7. The Hall–Kier alpha value is -1.16. The van der Waals surface area contributed by atoms with E-state index in [4.69, 9.17) is 0 Å². The number of hydrogen-bond donors (Lipinski definition) is 1. The van der Waals surface area contributed by atoms with E-state index in [1.807, 2.05) is 0 Å². The lowest BCUT2D eigenvalue weighted by atomic mass is 10.0. The van der Waals surface area contributed by atoms with Crippen molar-refractivity contribution in [3.8, 4) is 0 Å². The molecular formula is C14H23FN2O. The van der Waals surface area contributed by atoms with E-state index in [2.05, 4.69) is 30.7 Å². The minimum Gasteiger partial charge on any atom is -0.392 e. The highest BCUT2D eigenvalue weighted by molar-refractivity contribution is 5.46. The molecule has 1 aromatic rings. The van der Waals surface area contributed by atoms with Crippen LogP contribution >= 0.6 is 0 Å². The third-order valence-electron chi connectivity index (χ3n) is 3.39. The van der Waals surface area contributed by atoms with E-state index in [1.165, 1.54) is 12.3 Å². The normalized spacial score (nSPS) is 11.0. The van der Waals surface area contributed by atoms with Crippen molar-refractivity contribution in [2.45, 2.75) is 40.2 Å². The van der Waals surface area contributed by atoms with Crippen molar-refractivity contribution < 1.29 is 9.50 Å². The first kappa shape index (κ1) is 14.9. The molecule has 0 spiro atoms. The van der Waals surface area contributed by atoms with Crippen molar-refractivity contribution in [2.75, 3.05) is 18.0 Å². The molecule has 1 rings (SSSR count). The van der Waals surface area contributed by atoms with Gasteiger partial charge in [-0.05, 0) is 18.9 Å². The standard InChI is InChI=1S/C14H23FN2O/c1-4-11(5-2)9-17(6-3)14-12(10-18)7-13(15)8-16-14/h7-8,11,18H,4-6,9-10H2,1-3H3. The van der Waals surface area contributed by atoms with Gasteiger partial charge in [0.05, 0.1) is 12.8 Å². The number of aliphatic hydroxyl groups is 1. The van der Waals surface area contributed by atoms with Gasteiger partial charge in [0.25, 0.3) is 0 Å². The second-order valence-corrected chi connectivity index (χ2v) is 4.52. The Bertz CT molecular complexity index is 367. The van der Waals surface area contributed by atoms with Gasteiger partial charge in [0.1, 0.15) is 11.6 Å². The molecule has 0 bridgehead atoms. The molecule has 1 aromatic heterocycles. The van der Waals surface area contributed by atoms with Crippen molar-refractivity contribution in [2.24, 2.45) is 5.92 Å². The average molecular weight is 254 g/mol. The van der Waals surface area contributed by atoms with Crippen LogP contribution in [0.4, 0.5) is 10.2 Å². The molecule has 0 atom stereocenters. The molecule has 3 nitrogen and oxygen atoms in total. The summed E-state index contributed by atoms with van der Waals surface area (Å²) in [5, 5.41) is 9.30. The third-order valence-corrected chi connectivity index (χ3v) is 3.39. The summed E-state index contributed by atoms with van der Waals surface area (Å²) in [6.07, 6.45) is 3.44. The van der Waals surface area contributed by atoms with Crippen LogP contribution < -0.4 is 4.90 Å². The van der Waals surface area contributed by atoms with E-state index in [-0.39, 0.29) is 6.61 Å². The van der Waals surface area contributed by atoms with Gasteiger partial charge in [0.15, 0.2) is 0 Å². The van der Waals surface area contributed by atoms with Gasteiger partial charge < -0.3 is 10.0 Å². The number of pyridine rings is 1. The van der Waals surface area contributed by atoms with Gasteiger partial charge >= 0.3 is 0 Å². The summed E-state index contributed by atoms with van der Waals surface area (Å²) < 4.78 is 13.1. The zero-order valence-corrected chi connectivity index (χ0v) is 11.5. The molecule has 0 unspecified atom stereocenters. The Morgan fingerprint density at radius 3 is 2.50 bits per heavy atom. The molecule has 0 radical (unpaired) electrons. The second kappa shape index (κ2) is 7.31. The van der Waals surface area contributed by atoms with Crippen molar-refractivity contribution in [1.82, 2.24) is 4.98 Å². The molecule has 18 heavy (non-hydrogen) atoms. The Labute approximate surface area is 109 Å². The van der Waals surface area contributed by atoms with Crippen LogP contribution in [0.2, 0.25) is 0 Å². The monoisotopic (exact) mass is 254 g/mol. The maximum atomic E-state index is 13.1. The third kappa shape index (κ3) is 3.67. The molecule has 0 saturated carbocycles. The first-order valence-corrected chi connectivity index (χ1v) is 6.66. The number of aliphatic hydroxyl groups excluding tert-OH is 1. The van der Waals surface area contributed by atoms with Crippen LogP contribution in [-0.2, 0) is 6.61 Å². The van der Waals surface area contributed by atoms with E-state index in [0.29, 0.717) is 17.3 Å². The Morgan fingerprint density at radius 1 is 1.33 bits per heavy atom. The zero-order valence-electron chi connectivity index (χ0n) is 11.5. The van der Waals surface area contributed by atoms with Crippen LogP contribution in [0.25, 0.3) is 0 Å². The molecular weight excluding hydrogens is 231 g/mol. The first-order valence-electron chi connectivity index (χ1n) is 6.66. The molecule has 4 heteroatoms. The largest absolute Gasteiger partial charge is 0.392 e. The number of anilines is 1. The molecule has 0 aliphatic heterocycles. The van der Waals surface area contributed by atoms with Crippen molar-refractivity contribution in [1.29, 1.82) is 0 Å². The molecule has 0 amide bonds. The minimum atomic E-state index is -0.401. The van der Waals surface area contributed by atoms with Crippen LogP contribution in [0.5, 0.6) is 0 Å². The van der Waals surface area contributed by atoms with Gasteiger partial charge in [0.2, 0.25) is 0 Å². The van der Waals surface area contributed by atoms with Crippen LogP contribution in [0.1, 0.15) is 39.2 Å². The smallest absolute Gasteiger partial charge is 0.142 e. The van der Waals surface area contributed by atoms with Crippen LogP contribution in [0, 0.1) is 11.7 Å². The highest BCUT2D eigenvalue weighted by Crippen LogP contribution is 2.21. The number of nitrogens with zero attached hydrogens (tertiary/aromatic N) is 2. The van der Waals surface area contributed by atoms with Crippen molar-refractivity contribution in [3.05, 3.63) is 23.6 Å². The molecule has 1 N–H and O–H groups in total. The molecule has 0 fully saturated rings. The minimum absolute atomic E-state index is 0.181. The lowest BCUT2D eigenvalue weighted by Crippen LogP contribution is -2.30. The second-order valence-electron chi connectivity index (χ2n) is 4.52. The average Bonchev–Trinajstić information content (AvgIpc) is 2.41. The van der Waals surface area contributed by atoms with Gasteiger partial charge in [-0.15, -0.1) is 0 Å². The molecule has 0 aliphatic carbocycles. The zero-order chi connectivity index (χ0) is 13.5. The fraction of sp³-hybridized carbons (Fsp3) is 0.643. The Balaban J connectivity index is 2.93. The maximum absolute atomic E-state index is 13.1. The molecule has 0 aromatic carbocycles. The summed E-state index contributed by atoms with van der Waals surface area (Å²) in [5.41, 5.74) is 0.558. The summed E-state index contributed by atoms with van der Waals surface area (Å²) >= 11 is 0. The predicted molar refractivity (Wildman–Crippen MR) is 72.1 cm³/mol. The first-order chi connectivity index (χ1) is 8.65. The van der Waals surface area contributed by atoms with Gasteiger partial charge in [-0.3, -0.25) is 0 Å². The SMILES string of the molecule is CCC(CC)CN(CC)c1ncc(F)cc1CO. The summed E-state index contributed by atoms with van der Waals surface area (Å²) in [6, 6.07) is 1.36. The summed E-state index contributed by atoms with van der Waals surface area (Å²) in [4.78, 5) is 6.25. The van der Waals surface area contributed by atoms with Gasteiger partial charge in [0, 0.05) is 18.7 Å². The van der Waals surface area contributed by atoms with Gasteiger partial charge in [-0.2, -0.15) is 0 Å². The summed E-state index contributed by atoms with van der Waals surface area (Å²) in [7, 11) is 0.